The standard InChI is InChI=1S/C18H16O3/c1-3-13-19-15-9-5-7-11-17-21-18-12-8-6-10-16-20-14-4-2/h1,4H,2,13-18H2. The van der Waals surface area contributed by atoms with Gasteiger partial charge in [0.05, 0.1) is 6.61 Å². The maximum Gasteiger partial charge on any atom is 0.110 e. The van der Waals surface area contributed by atoms with Crippen LogP contribution in [0.2, 0.25) is 0 Å². The van der Waals surface area contributed by atoms with Gasteiger partial charge >= 0.3 is 0 Å². The normalized spacial score (nSPS) is 7.38. The van der Waals surface area contributed by atoms with Gasteiger partial charge in [0.25, 0.3) is 0 Å². The van der Waals surface area contributed by atoms with Crippen molar-refractivity contribution in [1.29, 1.82) is 0 Å². The quantitative estimate of drug-likeness (QED) is 0.393. The predicted octanol–water partition coefficient (Wildman–Crippen LogP) is 0.869. The maximum atomic E-state index is 5.14. The lowest BCUT2D eigenvalue weighted by Crippen LogP contribution is -1.91. The molecule has 0 aliphatic heterocycles. The van der Waals surface area contributed by atoms with Gasteiger partial charge in [0.1, 0.15) is 33.0 Å². The first kappa shape index (κ1) is 18.4. The fourth-order valence-corrected chi connectivity index (χ4v) is 0.828. The van der Waals surface area contributed by atoms with E-state index in [9.17, 15) is 0 Å². The molecule has 0 rings (SSSR count). The molecule has 106 valence electrons. The van der Waals surface area contributed by atoms with Crippen LogP contribution in [-0.4, -0.2) is 39.6 Å². The lowest BCUT2D eigenvalue weighted by atomic mass is 10.5. The second kappa shape index (κ2) is 17.4. The van der Waals surface area contributed by atoms with Crippen LogP contribution in [0.3, 0.4) is 0 Å². The zero-order valence-corrected chi connectivity index (χ0v) is 11.8. The molecule has 0 aromatic heterocycles. The smallest absolute Gasteiger partial charge is 0.110 e. The largest absolute Gasteiger partial charge is 0.365 e. The van der Waals surface area contributed by atoms with Crippen LogP contribution in [0.4, 0.5) is 0 Å². The second-order valence-electron chi connectivity index (χ2n) is 3.20. The average molecular weight is 280 g/mol. The van der Waals surface area contributed by atoms with E-state index in [0.29, 0.717) is 13.2 Å². The number of hydrogen-bond donors (Lipinski definition) is 0. The Labute approximate surface area is 127 Å². The summed E-state index contributed by atoms with van der Waals surface area (Å²) in [6.45, 7) is 5.43. The highest BCUT2D eigenvalue weighted by Crippen LogP contribution is 1.73. The van der Waals surface area contributed by atoms with Gasteiger partial charge in [-0.15, -0.1) is 13.0 Å². The Morgan fingerprint density at radius 2 is 1.14 bits per heavy atom. The van der Waals surface area contributed by atoms with Crippen LogP contribution in [0.5, 0.6) is 0 Å². The van der Waals surface area contributed by atoms with Gasteiger partial charge in [-0.2, -0.15) is 0 Å². The fraction of sp³-hybridized carbons (Fsp3) is 0.333. The van der Waals surface area contributed by atoms with E-state index in [4.69, 9.17) is 20.6 Å². The van der Waals surface area contributed by atoms with Gasteiger partial charge < -0.3 is 14.2 Å². The van der Waals surface area contributed by atoms with Crippen molar-refractivity contribution < 1.29 is 14.2 Å². The summed E-state index contributed by atoms with van der Waals surface area (Å²) in [7, 11) is 0. The van der Waals surface area contributed by atoms with Crippen LogP contribution in [0.1, 0.15) is 0 Å². The Bertz CT molecular complexity index is 565. The molecule has 0 aliphatic rings. The van der Waals surface area contributed by atoms with Gasteiger partial charge in [0, 0.05) is 0 Å². The maximum absolute atomic E-state index is 5.14. The highest BCUT2D eigenvalue weighted by Gasteiger charge is 1.77. The SMILES string of the molecule is C#CCOCC#CC#CCOCC#CC#CCOCC=C. The van der Waals surface area contributed by atoms with E-state index >= 15 is 0 Å². The van der Waals surface area contributed by atoms with Crippen molar-refractivity contribution in [3.05, 3.63) is 12.7 Å². The molecule has 0 amide bonds. The molecule has 0 N–H and O–H groups in total. The predicted molar refractivity (Wildman–Crippen MR) is 82.6 cm³/mol. The minimum Gasteiger partial charge on any atom is -0.365 e. The first-order valence-electron chi connectivity index (χ1n) is 6.10. The molecule has 0 aromatic carbocycles. The molecule has 0 radical (unpaired) electrons. The summed E-state index contributed by atoms with van der Waals surface area (Å²) < 4.78 is 15.1. The molecule has 0 saturated carbocycles. The molecule has 0 aromatic rings. The van der Waals surface area contributed by atoms with Gasteiger partial charge in [0.15, 0.2) is 0 Å². The van der Waals surface area contributed by atoms with Gasteiger partial charge in [-0.3, -0.25) is 0 Å². The molecule has 0 fully saturated rings. The van der Waals surface area contributed by atoms with Crippen molar-refractivity contribution in [2.45, 2.75) is 0 Å². The minimum atomic E-state index is 0.257. The molecule has 3 heteroatoms. The van der Waals surface area contributed by atoms with E-state index in [2.05, 4.69) is 59.9 Å². The summed E-state index contributed by atoms with van der Waals surface area (Å²) in [4.78, 5) is 0. The van der Waals surface area contributed by atoms with Crippen LogP contribution in [0.25, 0.3) is 0 Å². The zero-order chi connectivity index (χ0) is 15.4. The van der Waals surface area contributed by atoms with Crippen molar-refractivity contribution in [2.75, 3.05) is 39.6 Å². The first-order chi connectivity index (χ1) is 10.4. The van der Waals surface area contributed by atoms with Crippen molar-refractivity contribution in [3.8, 4) is 59.7 Å². The summed E-state index contributed by atoms with van der Waals surface area (Å²) in [5, 5.41) is 0. The van der Waals surface area contributed by atoms with Gasteiger partial charge in [-0.25, -0.2) is 0 Å². The fourth-order valence-electron chi connectivity index (χ4n) is 0.828. The number of ether oxygens (including phenoxy) is 3. The molecule has 0 spiro atoms. The molecule has 3 nitrogen and oxygen atoms in total. The minimum absolute atomic E-state index is 0.257. The second-order valence-corrected chi connectivity index (χ2v) is 3.20. The van der Waals surface area contributed by atoms with Gasteiger partial charge in [-0.1, -0.05) is 35.7 Å². The van der Waals surface area contributed by atoms with Crippen molar-refractivity contribution >= 4 is 0 Å². The topological polar surface area (TPSA) is 27.7 Å². The third-order valence-electron chi connectivity index (χ3n) is 1.60. The first-order valence-corrected chi connectivity index (χ1v) is 6.10. The summed E-state index contributed by atoms with van der Waals surface area (Å²) in [6, 6.07) is 0. The number of rotatable bonds is 7. The van der Waals surface area contributed by atoms with Crippen LogP contribution < -0.4 is 0 Å². The molecule has 0 saturated heterocycles. The van der Waals surface area contributed by atoms with E-state index in [-0.39, 0.29) is 26.4 Å². The van der Waals surface area contributed by atoms with Crippen LogP contribution in [0.15, 0.2) is 12.7 Å². The Kier molecular flexibility index (Phi) is 15.3. The Morgan fingerprint density at radius 3 is 1.57 bits per heavy atom. The molecule has 0 heterocycles. The van der Waals surface area contributed by atoms with Gasteiger partial charge in [0.2, 0.25) is 0 Å². The van der Waals surface area contributed by atoms with Gasteiger partial charge in [-0.05, 0) is 23.7 Å². The highest BCUT2D eigenvalue weighted by molar-refractivity contribution is 5.27. The average Bonchev–Trinajstić information content (AvgIpc) is 2.50. The van der Waals surface area contributed by atoms with Crippen molar-refractivity contribution in [2.24, 2.45) is 0 Å². The molecule has 0 aliphatic carbocycles. The van der Waals surface area contributed by atoms with E-state index < -0.39 is 0 Å². The Balaban J connectivity index is 3.56. The lowest BCUT2D eigenvalue weighted by Gasteiger charge is -1.89. The summed E-state index contributed by atoms with van der Waals surface area (Å²) >= 11 is 0. The summed E-state index contributed by atoms with van der Waals surface area (Å²) in [6.07, 6.45) is 6.66. The summed E-state index contributed by atoms with van der Waals surface area (Å²) in [5.74, 6) is 23.8. The molecule has 0 atom stereocenters. The van der Waals surface area contributed by atoms with E-state index in [1.165, 1.54) is 0 Å². The lowest BCUT2D eigenvalue weighted by molar-refractivity contribution is 0.199. The highest BCUT2D eigenvalue weighted by atomic mass is 16.5. The Morgan fingerprint density at radius 1 is 0.714 bits per heavy atom. The van der Waals surface area contributed by atoms with Crippen LogP contribution in [0, 0.1) is 59.7 Å². The zero-order valence-electron chi connectivity index (χ0n) is 11.8. The number of hydrogen-bond acceptors (Lipinski definition) is 3. The Hall–Kier alpha value is -2.58. The molecular weight excluding hydrogens is 264 g/mol. The van der Waals surface area contributed by atoms with Crippen LogP contribution in [-0.2, 0) is 14.2 Å². The van der Waals surface area contributed by atoms with Crippen LogP contribution >= 0.6 is 0 Å². The molecule has 0 unspecified atom stereocenters. The van der Waals surface area contributed by atoms with Crippen molar-refractivity contribution in [3.63, 3.8) is 0 Å². The van der Waals surface area contributed by atoms with E-state index in [1.54, 1.807) is 6.08 Å². The van der Waals surface area contributed by atoms with E-state index in [0.717, 1.165) is 0 Å². The molecule has 0 bridgehead atoms. The number of terminal acetylenes is 1. The molecular formula is C18H16O3. The monoisotopic (exact) mass is 280 g/mol. The van der Waals surface area contributed by atoms with E-state index in [1.807, 2.05) is 0 Å². The third-order valence-corrected chi connectivity index (χ3v) is 1.60. The summed E-state index contributed by atoms with van der Waals surface area (Å²) in [5.41, 5.74) is 0. The third kappa shape index (κ3) is 17.4. The van der Waals surface area contributed by atoms with Crippen molar-refractivity contribution in [1.82, 2.24) is 0 Å². The molecule has 21 heavy (non-hydrogen) atoms.